The fraction of sp³-hybridized carbons (Fsp3) is 0.845. The minimum Gasteiger partial charge on any atom is -0.394 e. The third-order valence-electron chi connectivity index (χ3n) is 13.6. The molecule has 9 atom stereocenters. The van der Waals surface area contributed by atoms with E-state index in [1.54, 1.807) is 0 Å². The molecule has 0 saturated carbocycles. The van der Waals surface area contributed by atoms with Crippen molar-refractivity contribution >= 4 is 5.91 Å². The first-order chi connectivity index (χ1) is 33.7. The summed E-state index contributed by atoms with van der Waals surface area (Å²) in [6, 6.07) is -1.20. The Balaban J connectivity index is 2.34. The summed E-state index contributed by atoms with van der Waals surface area (Å²) in [7, 11) is 0. The molecule has 0 aromatic rings. The van der Waals surface area contributed by atoms with E-state index in [-0.39, 0.29) is 12.8 Å². The highest BCUT2D eigenvalue weighted by Crippen LogP contribution is 2.23. The van der Waals surface area contributed by atoms with Crippen LogP contribution in [0.25, 0.3) is 0 Å². The molecule has 0 aromatic carbocycles. The second-order valence-corrected chi connectivity index (χ2v) is 20.0. The van der Waals surface area contributed by atoms with E-state index >= 15 is 0 Å². The first kappa shape index (κ1) is 65.1. The number of ether oxygens (including phenoxy) is 2. The van der Waals surface area contributed by atoms with Gasteiger partial charge in [-0.3, -0.25) is 4.79 Å². The number of nitrogens with one attached hydrogen (secondary N) is 1. The number of hydrogen-bond donors (Lipinski definition) is 8. The fourth-order valence-electron chi connectivity index (χ4n) is 8.88. The molecule has 0 aliphatic carbocycles. The van der Waals surface area contributed by atoms with Gasteiger partial charge >= 0.3 is 0 Å². The summed E-state index contributed by atoms with van der Waals surface area (Å²) in [4.78, 5) is 13.2. The molecule has 0 aromatic heterocycles. The first-order valence-corrected chi connectivity index (χ1v) is 28.5. The Morgan fingerprint density at radius 3 is 1.30 bits per heavy atom. The minimum atomic E-state index is -1.67. The molecule has 8 N–H and O–H groups in total. The number of allylic oxidation sites excluding steroid dienone is 8. The van der Waals surface area contributed by atoms with E-state index in [0.29, 0.717) is 19.3 Å². The van der Waals surface area contributed by atoms with Crippen LogP contribution in [0.1, 0.15) is 245 Å². The van der Waals surface area contributed by atoms with Gasteiger partial charge < -0.3 is 50.5 Å². The van der Waals surface area contributed by atoms with E-state index in [1.807, 2.05) is 0 Å². The number of hydrogen-bond acceptors (Lipinski definition) is 10. The Morgan fingerprint density at radius 2 is 0.870 bits per heavy atom. The lowest BCUT2D eigenvalue weighted by Gasteiger charge is -2.40. The summed E-state index contributed by atoms with van der Waals surface area (Å²) in [5.41, 5.74) is 0. The van der Waals surface area contributed by atoms with Crippen LogP contribution in [0.15, 0.2) is 48.6 Å². The number of rotatable bonds is 48. The number of unbranched alkanes of at least 4 members (excludes halogenated alkanes) is 28. The van der Waals surface area contributed by atoms with Crippen molar-refractivity contribution in [3.8, 4) is 0 Å². The molecule has 1 amide bonds. The van der Waals surface area contributed by atoms with Crippen LogP contribution in [0, 0.1) is 0 Å². The monoisotopic (exact) mass is 978 g/mol. The zero-order chi connectivity index (χ0) is 50.4. The maximum atomic E-state index is 13.2. The van der Waals surface area contributed by atoms with Gasteiger partial charge in [0, 0.05) is 0 Å². The minimum absolute atomic E-state index is 0.239. The molecule has 69 heavy (non-hydrogen) atoms. The fourth-order valence-corrected chi connectivity index (χ4v) is 8.88. The molecular formula is C58H107NO10. The second kappa shape index (κ2) is 47.1. The lowest BCUT2D eigenvalue weighted by molar-refractivity contribution is -0.303. The molecule has 1 fully saturated rings. The largest absolute Gasteiger partial charge is 0.394 e. The second-order valence-electron chi connectivity index (χ2n) is 20.0. The van der Waals surface area contributed by atoms with Crippen LogP contribution in [-0.2, 0) is 14.3 Å². The summed E-state index contributed by atoms with van der Waals surface area (Å²) in [5, 5.41) is 76.0. The lowest BCUT2D eigenvalue weighted by Crippen LogP contribution is -2.60. The predicted molar refractivity (Wildman–Crippen MR) is 284 cm³/mol. The first-order valence-electron chi connectivity index (χ1n) is 28.5. The maximum absolute atomic E-state index is 13.2. The van der Waals surface area contributed by atoms with Gasteiger partial charge in [0.05, 0.1) is 25.4 Å². The van der Waals surface area contributed by atoms with Crippen molar-refractivity contribution in [2.45, 2.75) is 300 Å². The molecule has 1 saturated heterocycles. The molecule has 11 heteroatoms. The van der Waals surface area contributed by atoms with Gasteiger partial charge in [0.2, 0.25) is 5.91 Å². The average Bonchev–Trinajstić information content (AvgIpc) is 3.35. The lowest BCUT2D eigenvalue weighted by atomic mass is 9.98. The Bertz CT molecular complexity index is 1260. The van der Waals surface area contributed by atoms with Crippen molar-refractivity contribution < 1.29 is 50.0 Å². The van der Waals surface area contributed by atoms with Gasteiger partial charge in [-0.2, -0.15) is 0 Å². The van der Waals surface area contributed by atoms with Crippen LogP contribution < -0.4 is 5.32 Å². The van der Waals surface area contributed by atoms with E-state index in [9.17, 15) is 40.5 Å². The average molecular weight is 978 g/mol. The predicted octanol–water partition coefficient (Wildman–Crippen LogP) is 11.7. The summed E-state index contributed by atoms with van der Waals surface area (Å²) in [6.45, 7) is 3.42. The summed E-state index contributed by atoms with van der Waals surface area (Å²) >= 11 is 0. The summed E-state index contributed by atoms with van der Waals surface area (Å²) < 4.78 is 11.1. The van der Waals surface area contributed by atoms with Gasteiger partial charge in [0.1, 0.15) is 36.6 Å². The van der Waals surface area contributed by atoms with Gasteiger partial charge in [-0.25, -0.2) is 0 Å². The van der Waals surface area contributed by atoms with Gasteiger partial charge in [-0.15, -0.1) is 0 Å². The van der Waals surface area contributed by atoms with Crippen LogP contribution in [-0.4, -0.2) is 110 Å². The van der Waals surface area contributed by atoms with Crippen molar-refractivity contribution in [3.05, 3.63) is 48.6 Å². The third-order valence-corrected chi connectivity index (χ3v) is 13.6. The van der Waals surface area contributed by atoms with E-state index in [4.69, 9.17) is 9.47 Å². The van der Waals surface area contributed by atoms with Crippen LogP contribution in [0.5, 0.6) is 0 Å². The van der Waals surface area contributed by atoms with Gasteiger partial charge in [-0.05, 0) is 89.9 Å². The van der Waals surface area contributed by atoms with Crippen molar-refractivity contribution in [1.82, 2.24) is 5.32 Å². The highest BCUT2D eigenvalue weighted by molar-refractivity contribution is 5.80. The van der Waals surface area contributed by atoms with E-state index in [1.165, 1.54) is 154 Å². The molecule has 1 aliphatic heterocycles. The highest BCUT2D eigenvalue weighted by atomic mass is 16.7. The molecule has 1 rings (SSSR count). The smallest absolute Gasteiger partial charge is 0.249 e. The number of aliphatic hydroxyl groups is 7. The van der Waals surface area contributed by atoms with Crippen LogP contribution in [0.4, 0.5) is 0 Å². The van der Waals surface area contributed by atoms with E-state index < -0.39 is 74.2 Å². The highest BCUT2D eigenvalue weighted by Gasteiger charge is 2.44. The molecule has 0 spiro atoms. The third kappa shape index (κ3) is 35.8. The Labute approximate surface area is 421 Å². The molecule has 9 unspecified atom stereocenters. The molecular weight excluding hydrogens is 871 g/mol. The quantitative estimate of drug-likeness (QED) is 0.0215. The molecule has 1 aliphatic rings. The SMILES string of the molecule is CCCCCC/C=C/CC/C=C/CC/C=C/CCCC(O)C(O)C(COC1OC(CO)C(O)C(O)C1O)NC(=O)C(O)CCCCCCCCCCC/C=C\CCCCCCCCCCCCCC. The maximum Gasteiger partial charge on any atom is 0.249 e. The van der Waals surface area contributed by atoms with Crippen LogP contribution >= 0.6 is 0 Å². The number of amides is 1. The number of carbonyl (C=O) groups is 1. The Morgan fingerprint density at radius 1 is 0.493 bits per heavy atom. The van der Waals surface area contributed by atoms with Crippen LogP contribution in [0.3, 0.4) is 0 Å². The standard InChI is InChI=1S/C58H107NO10/c1-3-5-7-9-11-13-15-17-19-21-22-23-24-25-26-27-28-30-32-34-36-38-40-42-44-46-51(62)57(67)59-49(48-68-58-56(66)55(65)54(64)52(47-60)69-58)53(63)50(61)45-43-41-39-37-35-33-31-29-20-18-16-14-12-10-8-6-4-2/h14,16,25-26,29,31,37,39,49-56,58,60-66H,3-13,15,17-24,27-28,30,32-36,38,40-48H2,1-2H3,(H,59,67)/b16-14+,26-25-,31-29+,39-37+. The van der Waals surface area contributed by atoms with Gasteiger partial charge in [-0.1, -0.05) is 204 Å². The van der Waals surface area contributed by atoms with Crippen LogP contribution in [0.2, 0.25) is 0 Å². The zero-order valence-electron chi connectivity index (χ0n) is 44.0. The molecule has 11 nitrogen and oxygen atoms in total. The summed E-state index contributed by atoms with van der Waals surface area (Å²) in [5.74, 6) is -0.714. The molecule has 0 bridgehead atoms. The van der Waals surface area contributed by atoms with Crippen molar-refractivity contribution in [1.29, 1.82) is 0 Å². The zero-order valence-corrected chi connectivity index (χ0v) is 44.0. The van der Waals surface area contributed by atoms with Gasteiger partial charge in [0.25, 0.3) is 0 Å². The number of aliphatic hydroxyl groups excluding tert-OH is 7. The van der Waals surface area contributed by atoms with Crippen molar-refractivity contribution in [2.24, 2.45) is 0 Å². The molecule has 0 radical (unpaired) electrons. The van der Waals surface area contributed by atoms with Gasteiger partial charge in [0.15, 0.2) is 6.29 Å². The van der Waals surface area contributed by atoms with Crippen molar-refractivity contribution in [3.63, 3.8) is 0 Å². The Kier molecular flexibility index (Phi) is 44.4. The van der Waals surface area contributed by atoms with E-state index in [2.05, 4.69) is 67.8 Å². The van der Waals surface area contributed by atoms with E-state index in [0.717, 1.165) is 44.9 Å². The summed E-state index contributed by atoms with van der Waals surface area (Å²) in [6.07, 6.45) is 47.4. The normalized spacial score (nSPS) is 20.7. The Hall–Kier alpha value is -1.93. The topological polar surface area (TPSA) is 189 Å². The number of carbonyl (C=O) groups excluding carboxylic acids is 1. The molecule has 1 heterocycles. The molecule has 404 valence electrons. The van der Waals surface area contributed by atoms with Crippen molar-refractivity contribution in [2.75, 3.05) is 13.2 Å².